The molecule has 1 fully saturated rings. The lowest BCUT2D eigenvalue weighted by Crippen LogP contribution is -2.39. The Kier molecular flexibility index (Phi) is 6.81. The predicted molar refractivity (Wildman–Crippen MR) is 119 cm³/mol. The molecule has 0 aliphatic carbocycles. The minimum absolute atomic E-state index is 0.128. The Morgan fingerprint density at radius 1 is 1.19 bits per heavy atom. The van der Waals surface area contributed by atoms with Gasteiger partial charge < -0.3 is 14.8 Å². The molecule has 32 heavy (non-hydrogen) atoms. The maximum atomic E-state index is 12.9. The molecule has 0 unspecified atom stereocenters. The van der Waals surface area contributed by atoms with Crippen molar-refractivity contribution < 1.29 is 14.3 Å². The third-order valence-electron chi connectivity index (χ3n) is 5.49. The van der Waals surface area contributed by atoms with E-state index in [9.17, 15) is 9.59 Å². The van der Waals surface area contributed by atoms with Crippen molar-refractivity contribution in [1.82, 2.24) is 29.6 Å². The van der Waals surface area contributed by atoms with Crippen LogP contribution in [0, 0.1) is 6.92 Å². The van der Waals surface area contributed by atoms with E-state index in [0.717, 1.165) is 50.6 Å². The molecular weight excluding hydrogens is 412 g/mol. The fourth-order valence-corrected chi connectivity index (χ4v) is 3.73. The molecule has 3 aromatic rings. The molecule has 0 spiro atoms. The summed E-state index contributed by atoms with van der Waals surface area (Å²) in [6, 6.07) is 9.16. The second-order valence-electron chi connectivity index (χ2n) is 7.72. The van der Waals surface area contributed by atoms with Gasteiger partial charge in [0, 0.05) is 25.2 Å². The minimum atomic E-state index is -0.355. The van der Waals surface area contributed by atoms with E-state index in [2.05, 4.69) is 20.4 Å². The Labute approximate surface area is 185 Å². The third-order valence-corrected chi connectivity index (χ3v) is 5.49. The number of morpholine rings is 1. The van der Waals surface area contributed by atoms with Crippen LogP contribution in [0.2, 0.25) is 0 Å². The monoisotopic (exact) mass is 440 g/mol. The van der Waals surface area contributed by atoms with Crippen LogP contribution in [0.3, 0.4) is 0 Å². The number of benzene rings is 1. The molecule has 1 aliphatic heterocycles. The number of aryl methyl sites for hydroxylation is 1. The molecule has 1 aliphatic rings. The summed E-state index contributed by atoms with van der Waals surface area (Å²) in [5.74, 6) is 1.04. The molecule has 2 aromatic heterocycles. The second-order valence-corrected chi connectivity index (χ2v) is 7.72. The van der Waals surface area contributed by atoms with Gasteiger partial charge in [-0.15, -0.1) is 0 Å². The van der Waals surface area contributed by atoms with E-state index in [4.69, 9.17) is 9.47 Å². The van der Waals surface area contributed by atoms with Crippen LogP contribution in [0.25, 0.3) is 16.8 Å². The Bertz CT molecular complexity index is 1130. The topological polar surface area (TPSA) is 103 Å². The van der Waals surface area contributed by atoms with Gasteiger partial charge in [0.15, 0.2) is 0 Å². The van der Waals surface area contributed by atoms with Crippen molar-refractivity contribution in [2.75, 3.05) is 46.5 Å². The highest BCUT2D eigenvalue weighted by atomic mass is 16.5. The van der Waals surface area contributed by atoms with Crippen molar-refractivity contribution in [3.8, 4) is 17.0 Å². The van der Waals surface area contributed by atoms with Crippen LogP contribution in [-0.4, -0.2) is 76.7 Å². The molecule has 10 nitrogen and oxygen atoms in total. The molecule has 0 radical (unpaired) electrons. The van der Waals surface area contributed by atoms with Crippen LogP contribution in [0.5, 0.6) is 5.75 Å². The fraction of sp³-hybridized carbons (Fsp3) is 0.455. The van der Waals surface area contributed by atoms with Gasteiger partial charge in [-0.2, -0.15) is 10.2 Å². The number of carbonyl (C=O) groups excluding carboxylic acids is 1. The Morgan fingerprint density at radius 3 is 2.66 bits per heavy atom. The van der Waals surface area contributed by atoms with Crippen LogP contribution < -0.4 is 15.6 Å². The Hall–Kier alpha value is -3.24. The summed E-state index contributed by atoms with van der Waals surface area (Å²) in [6.45, 7) is 6.48. The lowest BCUT2D eigenvalue weighted by atomic mass is 10.1. The smallest absolute Gasteiger partial charge is 0.293 e. The summed E-state index contributed by atoms with van der Waals surface area (Å²) in [5.41, 5.74) is 1.53. The molecule has 10 heteroatoms. The normalized spacial score (nSPS) is 14.6. The second kappa shape index (κ2) is 9.92. The SMILES string of the molecule is COc1ccc(-c2cc3c(=O)n(CC(=O)NCCCN4CCOCC4)nc(C)n3n2)cc1. The zero-order valence-electron chi connectivity index (χ0n) is 18.4. The molecular formula is C22H28N6O4. The molecule has 1 saturated heterocycles. The van der Waals surface area contributed by atoms with Gasteiger partial charge in [0.25, 0.3) is 5.56 Å². The summed E-state index contributed by atoms with van der Waals surface area (Å²) in [4.78, 5) is 27.6. The van der Waals surface area contributed by atoms with Crippen LogP contribution >= 0.6 is 0 Å². The summed E-state index contributed by atoms with van der Waals surface area (Å²) < 4.78 is 13.2. The van der Waals surface area contributed by atoms with Gasteiger partial charge in [0.1, 0.15) is 23.6 Å². The first-order valence-corrected chi connectivity index (χ1v) is 10.7. The molecule has 4 rings (SSSR count). The van der Waals surface area contributed by atoms with Crippen molar-refractivity contribution in [2.45, 2.75) is 19.9 Å². The van der Waals surface area contributed by atoms with Gasteiger partial charge in [0.05, 0.1) is 26.0 Å². The quantitative estimate of drug-likeness (QED) is 0.515. The third kappa shape index (κ3) is 4.97. The maximum absolute atomic E-state index is 12.9. The summed E-state index contributed by atoms with van der Waals surface area (Å²) in [7, 11) is 1.61. The van der Waals surface area contributed by atoms with E-state index in [-0.39, 0.29) is 18.0 Å². The number of fused-ring (bicyclic) bond motifs is 1. The number of hydrogen-bond acceptors (Lipinski definition) is 7. The number of nitrogens with zero attached hydrogens (tertiary/aromatic N) is 5. The molecule has 1 amide bonds. The van der Waals surface area contributed by atoms with Gasteiger partial charge in [-0.05, 0) is 50.2 Å². The van der Waals surface area contributed by atoms with Crippen molar-refractivity contribution in [3.63, 3.8) is 0 Å². The van der Waals surface area contributed by atoms with Gasteiger partial charge in [-0.3, -0.25) is 14.5 Å². The first-order chi connectivity index (χ1) is 15.5. The van der Waals surface area contributed by atoms with Gasteiger partial charge in [0.2, 0.25) is 5.91 Å². The number of carbonyl (C=O) groups is 1. The van der Waals surface area contributed by atoms with Crippen LogP contribution in [0.4, 0.5) is 0 Å². The average molecular weight is 441 g/mol. The molecule has 1 aromatic carbocycles. The van der Waals surface area contributed by atoms with Crippen molar-refractivity contribution in [2.24, 2.45) is 0 Å². The highest BCUT2D eigenvalue weighted by Gasteiger charge is 2.15. The molecule has 170 valence electrons. The van der Waals surface area contributed by atoms with Crippen LogP contribution in [0.1, 0.15) is 12.2 Å². The average Bonchev–Trinajstić information content (AvgIpc) is 3.27. The highest BCUT2D eigenvalue weighted by Crippen LogP contribution is 2.21. The minimum Gasteiger partial charge on any atom is -0.497 e. The number of aromatic nitrogens is 4. The zero-order chi connectivity index (χ0) is 22.5. The van der Waals surface area contributed by atoms with E-state index in [1.54, 1.807) is 20.1 Å². The van der Waals surface area contributed by atoms with Crippen LogP contribution in [-0.2, 0) is 16.1 Å². The summed E-state index contributed by atoms with van der Waals surface area (Å²) >= 11 is 0. The molecule has 1 N–H and O–H groups in total. The van der Waals surface area contributed by atoms with Gasteiger partial charge in [-0.1, -0.05) is 0 Å². The van der Waals surface area contributed by atoms with E-state index in [1.807, 2.05) is 24.3 Å². The van der Waals surface area contributed by atoms with Crippen LogP contribution in [0.15, 0.2) is 35.1 Å². The number of amides is 1. The van der Waals surface area contributed by atoms with E-state index < -0.39 is 0 Å². The molecule has 0 saturated carbocycles. The highest BCUT2D eigenvalue weighted by molar-refractivity contribution is 5.75. The Balaban J connectivity index is 1.41. The summed E-state index contributed by atoms with van der Waals surface area (Å²) in [5, 5.41) is 11.7. The number of rotatable bonds is 8. The number of ether oxygens (including phenoxy) is 2. The van der Waals surface area contributed by atoms with E-state index in [1.165, 1.54) is 9.20 Å². The largest absolute Gasteiger partial charge is 0.497 e. The van der Waals surface area contributed by atoms with E-state index >= 15 is 0 Å². The first-order valence-electron chi connectivity index (χ1n) is 10.7. The number of nitrogens with one attached hydrogen (secondary N) is 1. The Morgan fingerprint density at radius 2 is 1.94 bits per heavy atom. The molecule has 0 atom stereocenters. The van der Waals surface area contributed by atoms with Crippen molar-refractivity contribution >= 4 is 11.4 Å². The lowest BCUT2D eigenvalue weighted by molar-refractivity contribution is -0.121. The fourth-order valence-electron chi connectivity index (χ4n) is 3.73. The van der Waals surface area contributed by atoms with Crippen molar-refractivity contribution in [1.29, 1.82) is 0 Å². The maximum Gasteiger partial charge on any atom is 0.293 e. The van der Waals surface area contributed by atoms with E-state index in [0.29, 0.717) is 23.6 Å². The zero-order valence-corrected chi connectivity index (χ0v) is 18.4. The summed E-state index contributed by atoms with van der Waals surface area (Å²) in [6.07, 6.45) is 0.847. The predicted octanol–water partition coefficient (Wildman–Crippen LogP) is 0.714. The molecule has 3 heterocycles. The molecule has 0 bridgehead atoms. The standard InChI is InChI=1S/C22H28N6O4/c1-16-24-27(15-21(29)23-8-3-9-26-10-12-32-13-11-26)22(30)20-14-19(25-28(16)20)17-4-6-18(31-2)7-5-17/h4-7,14H,3,8-13,15H2,1-2H3,(H,23,29). The van der Waals surface area contributed by atoms with Gasteiger partial charge >= 0.3 is 0 Å². The lowest BCUT2D eigenvalue weighted by Gasteiger charge is -2.26. The van der Waals surface area contributed by atoms with Crippen molar-refractivity contribution in [3.05, 3.63) is 46.5 Å². The van der Waals surface area contributed by atoms with Gasteiger partial charge in [-0.25, -0.2) is 9.20 Å². The number of methoxy groups -OCH3 is 1. The first kappa shape index (κ1) is 22.0. The number of hydrogen-bond donors (Lipinski definition) is 1.